The molecule has 0 radical (unpaired) electrons. The van der Waals surface area contributed by atoms with Crippen LogP contribution in [0.3, 0.4) is 0 Å². The Bertz CT molecular complexity index is 348. The van der Waals surface area contributed by atoms with E-state index >= 15 is 0 Å². The number of carbonyl (C=O) groups excluding carboxylic acids is 1. The van der Waals surface area contributed by atoms with Crippen LogP contribution < -0.4 is 5.32 Å². The van der Waals surface area contributed by atoms with Gasteiger partial charge in [-0.2, -0.15) is 0 Å². The van der Waals surface area contributed by atoms with Gasteiger partial charge in [0.1, 0.15) is 6.26 Å². The zero-order valence-corrected chi connectivity index (χ0v) is 8.97. The summed E-state index contributed by atoms with van der Waals surface area (Å²) in [5, 5.41) is 14.8. The van der Waals surface area contributed by atoms with Gasteiger partial charge in [-0.3, -0.25) is 9.59 Å². The minimum absolute atomic E-state index is 0.106. The summed E-state index contributed by atoms with van der Waals surface area (Å²) >= 11 is 0. The zero-order chi connectivity index (χ0) is 12.0. The van der Waals surface area contributed by atoms with Crippen LogP contribution in [0.25, 0.3) is 0 Å². The number of carboxylic acids is 1. The van der Waals surface area contributed by atoms with Crippen LogP contribution in [-0.2, 0) is 4.79 Å². The van der Waals surface area contributed by atoms with Gasteiger partial charge in [0.05, 0.1) is 5.92 Å². The van der Waals surface area contributed by atoms with Crippen molar-refractivity contribution < 1.29 is 19.2 Å². The number of nitrogens with zero attached hydrogens (tertiary/aromatic N) is 1. The van der Waals surface area contributed by atoms with Gasteiger partial charge in [0.25, 0.3) is 5.91 Å². The summed E-state index contributed by atoms with van der Waals surface area (Å²) in [5.74, 6) is -1.88. The molecule has 0 aromatic carbocycles. The van der Waals surface area contributed by atoms with Crippen LogP contribution in [0.5, 0.6) is 0 Å². The van der Waals surface area contributed by atoms with E-state index in [-0.39, 0.29) is 12.2 Å². The van der Waals surface area contributed by atoms with E-state index in [4.69, 9.17) is 5.11 Å². The van der Waals surface area contributed by atoms with Crippen molar-refractivity contribution >= 4 is 11.9 Å². The molecule has 0 bridgehead atoms. The van der Waals surface area contributed by atoms with Gasteiger partial charge in [-0.15, -0.1) is 0 Å². The molecule has 1 aromatic heterocycles. The average Bonchev–Trinajstić information content (AvgIpc) is 2.76. The molecule has 1 rings (SSSR count). The highest BCUT2D eigenvalue weighted by Gasteiger charge is 2.18. The average molecular weight is 226 g/mol. The molecule has 1 aromatic rings. The van der Waals surface area contributed by atoms with E-state index in [1.165, 1.54) is 12.3 Å². The lowest BCUT2D eigenvalue weighted by molar-refractivity contribution is -0.141. The molecule has 0 fully saturated rings. The number of aromatic nitrogens is 1. The molecule has 16 heavy (non-hydrogen) atoms. The second-order valence-corrected chi connectivity index (χ2v) is 3.42. The molecular formula is C10H14N2O4. The van der Waals surface area contributed by atoms with Crippen LogP contribution in [-0.4, -0.2) is 28.7 Å². The molecule has 6 nitrogen and oxygen atoms in total. The summed E-state index contributed by atoms with van der Waals surface area (Å²) in [7, 11) is 0. The zero-order valence-electron chi connectivity index (χ0n) is 8.97. The Balaban J connectivity index is 2.43. The topological polar surface area (TPSA) is 92.4 Å². The smallest absolute Gasteiger partial charge is 0.308 e. The Labute approximate surface area is 92.6 Å². The third kappa shape index (κ3) is 3.38. The van der Waals surface area contributed by atoms with Crippen LogP contribution in [0.15, 0.2) is 16.9 Å². The predicted octanol–water partition coefficient (Wildman–Crippen LogP) is 0.905. The van der Waals surface area contributed by atoms with Crippen molar-refractivity contribution in [2.75, 3.05) is 6.54 Å². The third-order valence-electron chi connectivity index (χ3n) is 2.17. The van der Waals surface area contributed by atoms with Gasteiger partial charge >= 0.3 is 5.97 Å². The molecule has 88 valence electrons. The maximum atomic E-state index is 11.4. The van der Waals surface area contributed by atoms with Gasteiger partial charge in [-0.1, -0.05) is 18.5 Å². The van der Waals surface area contributed by atoms with E-state index in [0.29, 0.717) is 6.42 Å². The lowest BCUT2D eigenvalue weighted by Gasteiger charge is -2.11. The molecule has 0 saturated heterocycles. The van der Waals surface area contributed by atoms with Crippen molar-refractivity contribution in [3.63, 3.8) is 0 Å². The summed E-state index contributed by atoms with van der Waals surface area (Å²) in [6, 6.07) is 1.42. The monoisotopic (exact) mass is 226 g/mol. The van der Waals surface area contributed by atoms with Crippen LogP contribution in [0.1, 0.15) is 30.3 Å². The Hall–Kier alpha value is -1.85. The van der Waals surface area contributed by atoms with Gasteiger partial charge in [0.15, 0.2) is 5.69 Å². The Morgan fingerprint density at radius 3 is 2.88 bits per heavy atom. The van der Waals surface area contributed by atoms with Crippen molar-refractivity contribution in [1.29, 1.82) is 0 Å². The number of nitrogens with one attached hydrogen (secondary N) is 1. The number of carboxylic acid groups (broad SMARTS) is 1. The first-order valence-electron chi connectivity index (χ1n) is 5.06. The highest BCUT2D eigenvalue weighted by atomic mass is 16.5. The van der Waals surface area contributed by atoms with Crippen molar-refractivity contribution in [3.8, 4) is 0 Å². The third-order valence-corrected chi connectivity index (χ3v) is 2.17. The molecule has 1 amide bonds. The predicted molar refractivity (Wildman–Crippen MR) is 54.9 cm³/mol. The highest BCUT2D eigenvalue weighted by Crippen LogP contribution is 2.05. The number of amides is 1. The van der Waals surface area contributed by atoms with Gasteiger partial charge in [-0.05, 0) is 6.42 Å². The molecule has 0 spiro atoms. The number of aliphatic carboxylic acids is 1. The Kier molecular flexibility index (Phi) is 4.50. The Morgan fingerprint density at radius 1 is 1.62 bits per heavy atom. The first kappa shape index (κ1) is 12.2. The van der Waals surface area contributed by atoms with E-state index in [1.54, 1.807) is 0 Å². The second-order valence-electron chi connectivity index (χ2n) is 3.42. The molecular weight excluding hydrogens is 212 g/mol. The normalized spacial score (nSPS) is 12.1. The van der Waals surface area contributed by atoms with E-state index in [2.05, 4.69) is 15.0 Å². The van der Waals surface area contributed by atoms with Gasteiger partial charge in [0, 0.05) is 12.6 Å². The van der Waals surface area contributed by atoms with Crippen LogP contribution >= 0.6 is 0 Å². The maximum Gasteiger partial charge on any atom is 0.308 e. The molecule has 6 heteroatoms. The van der Waals surface area contributed by atoms with E-state index in [1.807, 2.05) is 6.92 Å². The first-order chi connectivity index (χ1) is 7.65. The van der Waals surface area contributed by atoms with Gasteiger partial charge < -0.3 is 14.9 Å². The minimum atomic E-state index is -0.901. The van der Waals surface area contributed by atoms with Crippen LogP contribution in [0.4, 0.5) is 0 Å². The number of hydrogen-bond acceptors (Lipinski definition) is 4. The second kappa shape index (κ2) is 5.89. The number of carbonyl (C=O) groups is 2. The maximum absolute atomic E-state index is 11.4. The SMILES string of the molecule is CCCC(CNC(=O)c1ccon1)C(=O)O. The summed E-state index contributed by atoms with van der Waals surface area (Å²) in [6.45, 7) is 2.00. The molecule has 1 atom stereocenters. The largest absolute Gasteiger partial charge is 0.481 e. The fourth-order valence-corrected chi connectivity index (χ4v) is 1.30. The first-order valence-corrected chi connectivity index (χ1v) is 5.06. The molecule has 1 unspecified atom stereocenters. The number of rotatable bonds is 6. The summed E-state index contributed by atoms with van der Waals surface area (Å²) < 4.78 is 4.51. The van der Waals surface area contributed by atoms with Crippen molar-refractivity contribution in [3.05, 3.63) is 18.0 Å². The lowest BCUT2D eigenvalue weighted by Crippen LogP contribution is -2.33. The summed E-state index contributed by atoms with van der Waals surface area (Å²) in [4.78, 5) is 22.2. The summed E-state index contributed by atoms with van der Waals surface area (Å²) in [6.07, 6.45) is 2.58. The van der Waals surface area contributed by atoms with Crippen molar-refractivity contribution in [2.45, 2.75) is 19.8 Å². The highest BCUT2D eigenvalue weighted by molar-refractivity contribution is 5.92. The fourth-order valence-electron chi connectivity index (χ4n) is 1.30. The van der Waals surface area contributed by atoms with Crippen LogP contribution in [0, 0.1) is 5.92 Å². The molecule has 1 heterocycles. The standard InChI is InChI=1S/C10H14N2O4/c1-2-3-7(10(14)15)6-11-9(13)8-4-5-16-12-8/h4-5,7H,2-3,6H2,1H3,(H,11,13)(H,14,15). The Morgan fingerprint density at radius 2 is 2.38 bits per heavy atom. The minimum Gasteiger partial charge on any atom is -0.481 e. The van der Waals surface area contributed by atoms with Crippen molar-refractivity contribution in [2.24, 2.45) is 5.92 Å². The van der Waals surface area contributed by atoms with Crippen molar-refractivity contribution in [1.82, 2.24) is 10.5 Å². The summed E-state index contributed by atoms with van der Waals surface area (Å²) in [5.41, 5.74) is 0.153. The molecule has 0 aliphatic carbocycles. The molecule has 0 aliphatic heterocycles. The lowest BCUT2D eigenvalue weighted by atomic mass is 10.0. The molecule has 0 aliphatic rings. The number of hydrogen-bond donors (Lipinski definition) is 2. The van der Waals surface area contributed by atoms with Crippen LogP contribution in [0.2, 0.25) is 0 Å². The quantitative estimate of drug-likeness (QED) is 0.751. The van der Waals surface area contributed by atoms with Gasteiger partial charge in [-0.25, -0.2) is 0 Å². The van der Waals surface area contributed by atoms with E-state index < -0.39 is 17.8 Å². The molecule has 2 N–H and O–H groups in total. The van der Waals surface area contributed by atoms with E-state index in [0.717, 1.165) is 6.42 Å². The van der Waals surface area contributed by atoms with Gasteiger partial charge in [0.2, 0.25) is 0 Å². The fraction of sp³-hybridized carbons (Fsp3) is 0.500. The van der Waals surface area contributed by atoms with E-state index in [9.17, 15) is 9.59 Å². The molecule has 0 saturated carbocycles.